The fourth-order valence-corrected chi connectivity index (χ4v) is 0. The van der Waals surface area contributed by atoms with Gasteiger partial charge in [0.25, 0.3) is 0 Å². The molecule has 0 fully saturated rings. The molecule has 0 heterocycles. The monoisotopic (exact) mass is 84.1 g/mol. The van der Waals surface area contributed by atoms with E-state index < -0.39 is 0 Å². The molecule has 0 spiro atoms. The van der Waals surface area contributed by atoms with Crippen molar-refractivity contribution < 1.29 is 0 Å². The highest BCUT2D eigenvalue weighted by molar-refractivity contribution is 4.81. The summed E-state index contributed by atoms with van der Waals surface area (Å²) in [6.45, 7) is 10.0. The van der Waals surface area contributed by atoms with Crippen molar-refractivity contribution in [2.75, 3.05) is 0 Å². The van der Waals surface area contributed by atoms with Crippen LogP contribution in [0.5, 0.6) is 0 Å². The predicted octanol–water partition coefficient (Wildman–Crippen LogP) is 2.07. The van der Waals surface area contributed by atoms with Crippen molar-refractivity contribution >= 4 is 0 Å². The molecule has 2 radical (unpaired) electrons. The summed E-state index contributed by atoms with van der Waals surface area (Å²) in [7, 11) is 0. The molecule has 0 atom stereocenters. The van der Waals surface area contributed by atoms with Crippen LogP contribution in [0, 0.1) is 18.8 Å². The summed E-state index contributed by atoms with van der Waals surface area (Å²) in [5.41, 5.74) is 0.306. The van der Waals surface area contributed by atoms with Crippen molar-refractivity contribution in [3.8, 4) is 0 Å². The van der Waals surface area contributed by atoms with Gasteiger partial charge in [-0.3, -0.25) is 0 Å². The van der Waals surface area contributed by atoms with Crippen molar-refractivity contribution in [3.63, 3.8) is 0 Å². The van der Waals surface area contributed by atoms with E-state index in [2.05, 4.69) is 27.7 Å². The highest BCUT2D eigenvalue weighted by Crippen LogP contribution is 2.14. The van der Waals surface area contributed by atoms with E-state index in [-0.39, 0.29) is 0 Å². The minimum atomic E-state index is 0.306. The third-order valence-corrected chi connectivity index (χ3v) is 0.612. The summed E-state index contributed by atoms with van der Waals surface area (Å²) >= 11 is 0. The lowest BCUT2D eigenvalue weighted by Crippen LogP contribution is -2.01. The first-order valence-corrected chi connectivity index (χ1v) is 2.20. The fraction of sp³-hybridized carbons (Fsp3) is 0.667. The van der Waals surface area contributed by atoms with Crippen LogP contribution in [0.2, 0.25) is 0 Å². The smallest absolute Gasteiger partial charge is 0.0332 e. The lowest BCUT2D eigenvalue weighted by Gasteiger charge is -2.12. The normalized spacial score (nSPS) is 12.0. The average Bonchev–Trinajstić information content (AvgIpc) is 1.35. The van der Waals surface area contributed by atoms with Crippen molar-refractivity contribution in [2.45, 2.75) is 20.8 Å². The van der Waals surface area contributed by atoms with E-state index in [0.29, 0.717) is 5.41 Å². The molecule has 0 aliphatic carbocycles. The molecule has 0 heteroatoms. The van der Waals surface area contributed by atoms with Gasteiger partial charge in [0.05, 0.1) is 0 Å². The first-order chi connectivity index (χ1) is 2.56. The molecule has 6 heavy (non-hydrogen) atoms. The highest BCUT2D eigenvalue weighted by atomic mass is 14.1. The summed E-state index contributed by atoms with van der Waals surface area (Å²) in [4.78, 5) is 0. The van der Waals surface area contributed by atoms with E-state index in [9.17, 15) is 0 Å². The summed E-state index contributed by atoms with van der Waals surface area (Å²) in [6, 6.07) is 0. The average molecular weight is 84.2 g/mol. The minimum absolute atomic E-state index is 0.306. The Hall–Kier alpha value is 0. The Kier molecular flexibility index (Phi) is 1.63. The third-order valence-electron chi connectivity index (χ3n) is 0.612. The Balaban J connectivity index is 3.17. The van der Waals surface area contributed by atoms with Crippen molar-refractivity contribution in [1.82, 2.24) is 0 Å². The maximum Gasteiger partial charge on any atom is -0.0332 e. The van der Waals surface area contributed by atoms with Crippen molar-refractivity contribution in [3.05, 3.63) is 13.3 Å². The van der Waals surface area contributed by atoms with Gasteiger partial charge in [-0.05, 0) is 18.8 Å². The van der Waals surface area contributed by atoms with Gasteiger partial charge in [0, 0.05) is 0 Å². The van der Waals surface area contributed by atoms with Gasteiger partial charge in [-0.15, -0.1) is 0 Å². The van der Waals surface area contributed by atoms with Crippen LogP contribution >= 0.6 is 0 Å². The van der Waals surface area contributed by atoms with Gasteiger partial charge >= 0.3 is 0 Å². The van der Waals surface area contributed by atoms with Crippen LogP contribution in [-0.4, -0.2) is 0 Å². The summed E-state index contributed by atoms with van der Waals surface area (Å²) in [5, 5.41) is 0. The van der Waals surface area contributed by atoms with Crippen LogP contribution in [-0.2, 0) is 0 Å². The van der Waals surface area contributed by atoms with E-state index in [4.69, 9.17) is 0 Å². The van der Waals surface area contributed by atoms with Crippen LogP contribution in [0.4, 0.5) is 0 Å². The zero-order valence-corrected chi connectivity index (χ0v) is 4.78. The van der Waals surface area contributed by atoms with Crippen LogP contribution < -0.4 is 0 Å². The molecule has 0 aromatic carbocycles. The van der Waals surface area contributed by atoms with E-state index in [1.54, 1.807) is 0 Å². The molecular formula is C6H12. The standard InChI is InChI=1S/C6H12/c1-5-6(2,3)4/h5H,1H2,2-4H3. The van der Waals surface area contributed by atoms with Crippen molar-refractivity contribution in [1.29, 1.82) is 0 Å². The maximum atomic E-state index is 3.63. The van der Waals surface area contributed by atoms with Crippen LogP contribution in [0.3, 0.4) is 0 Å². The van der Waals surface area contributed by atoms with E-state index in [1.807, 2.05) is 6.42 Å². The number of hydrogen-bond donors (Lipinski definition) is 0. The lowest BCUT2D eigenvalue weighted by molar-refractivity contribution is 0.509. The van der Waals surface area contributed by atoms with Crippen LogP contribution in [0.15, 0.2) is 0 Å². The highest BCUT2D eigenvalue weighted by Gasteiger charge is 2.03. The van der Waals surface area contributed by atoms with Gasteiger partial charge in [-0.2, -0.15) is 0 Å². The minimum Gasteiger partial charge on any atom is -0.0599 e. The molecule has 0 unspecified atom stereocenters. The molecule has 0 nitrogen and oxygen atoms in total. The van der Waals surface area contributed by atoms with Crippen molar-refractivity contribution in [2.24, 2.45) is 5.41 Å². The van der Waals surface area contributed by atoms with E-state index >= 15 is 0 Å². The van der Waals surface area contributed by atoms with E-state index in [1.165, 1.54) is 0 Å². The molecule has 0 saturated carbocycles. The second-order valence-electron chi connectivity index (χ2n) is 2.57. The molecule has 0 aliphatic rings. The second-order valence-corrected chi connectivity index (χ2v) is 2.57. The zero-order chi connectivity index (χ0) is 5.21. The predicted molar refractivity (Wildman–Crippen MR) is 29.1 cm³/mol. The van der Waals surface area contributed by atoms with Gasteiger partial charge in [0.15, 0.2) is 0 Å². The molecule has 0 rings (SSSR count). The molecular weight excluding hydrogens is 72.1 g/mol. The lowest BCUT2D eigenvalue weighted by atomic mass is 9.94. The molecule has 0 aromatic rings. The van der Waals surface area contributed by atoms with Gasteiger partial charge < -0.3 is 0 Å². The topological polar surface area (TPSA) is 0 Å². The molecule has 0 saturated heterocycles. The third kappa shape index (κ3) is 4.00. The molecule has 0 bridgehead atoms. The Bertz CT molecular complexity index is 29.8. The molecule has 0 aromatic heterocycles. The molecule has 0 N–H and O–H groups in total. The van der Waals surface area contributed by atoms with Gasteiger partial charge in [0.1, 0.15) is 0 Å². The molecule has 0 amide bonds. The summed E-state index contributed by atoms with van der Waals surface area (Å²) in [6.07, 6.45) is 1.94. The second kappa shape index (κ2) is 1.63. The van der Waals surface area contributed by atoms with Crippen LogP contribution in [0.1, 0.15) is 20.8 Å². The first kappa shape index (κ1) is 6.00. The quantitative estimate of drug-likeness (QED) is 0.421. The van der Waals surface area contributed by atoms with Crippen LogP contribution in [0.25, 0.3) is 0 Å². The summed E-state index contributed by atoms with van der Waals surface area (Å²) < 4.78 is 0. The number of rotatable bonds is 0. The van der Waals surface area contributed by atoms with Gasteiger partial charge in [-0.25, -0.2) is 0 Å². The molecule has 36 valence electrons. The van der Waals surface area contributed by atoms with Gasteiger partial charge in [-0.1, -0.05) is 20.8 Å². The fourth-order valence-electron chi connectivity index (χ4n) is 0. The zero-order valence-electron chi connectivity index (χ0n) is 4.78. The van der Waals surface area contributed by atoms with E-state index in [0.717, 1.165) is 0 Å². The van der Waals surface area contributed by atoms with Gasteiger partial charge in [0.2, 0.25) is 0 Å². The number of hydrogen-bond acceptors (Lipinski definition) is 0. The Labute approximate surface area is 40.6 Å². The SMILES string of the molecule is [CH2][CH]C(C)(C)C. The Morgan fingerprint density at radius 3 is 1.50 bits per heavy atom. The Morgan fingerprint density at radius 2 is 1.50 bits per heavy atom. The first-order valence-electron chi connectivity index (χ1n) is 2.20. The maximum absolute atomic E-state index is 3.63. The largest absolute Gasteiger partial charge is 0.0599 e. The Morgan fingerprint density at radius 1 is 1.33 bits per heavy atom. The summed E-state index contributed by atoms with van der Waals surface area (Å²) in [5.74, 6) is 0. The molecule has 0 aliphatic heterocycles.